The molecule has 0 spiro atoms. The molecule has 0 bridgehead atoms. The van der Waals surface area contributed by atoms with Gasteiger partial charge in [-0.05, 0) is 35.2 Å². The lowest BCUT2D eigenvalue weighted by molar-refractivity contribution is 0.0660. The fourth-order valence-corrected chi connectivity index (χ4v) is 2.78. The molecule has 1 atom stereocenters. The normalized spacial score (nSPS) is 13.3. The molecule has 2 rings (SSSR count). The van der Waals surface area contributed by atoms with Crippen LogP contribution in [0.5, 0.6) is 0 Å². The van der Waals surface area contributed by atoms with E-state index in [0.29, 0.717) is 28.8 Å². The molecule has 0 heterocycles. The van der Waals surface area contributed by atoms with E-state index in [9.17, 15) is 14.6 Å². The zero-order valence-corrected chi connectivity index (χ0v) is 13.1. The molecule has 0 aliphatic carbocycles. The fourth-order valence-electron chi connectivity index (χ4n) is 2.78. The smallest absolute Gasteiger partial charge is 0.187 e. The van der Waals surface area contributed by atoms with Gasteiger partial charge in [0.25, 0.3) is 0 Å². The lowest BCUT2D eigenvalue weighted by Gasteiger charge is -2.31. The molecule has 1 unspecified atom stereocenters. The Bertz CT molecular complexity index is 706. The third-order valence-electron chi connectivity index (χ3n) is 4.05. The standard InChI is InChI=1S/C19H20FNO2/c1-3-4-11-19(23,15-5-7-16(20)8-6-15)18-10-9-17(21-2)12-14(18)13-22/h5-10,12,22-23H,3-4,11,13H2,1H3. The lowest BCUT2D eigenvalue weighted by atomic mass is 9.80. The van der Waals surface area contributed by atoms with E-state index < -0.39 is 5.60 Å². The highest BCUT2D eigenvalue weighted by Gasteiger charge is 2.33. The minimum atomic E-state index is -1.32. The summed E-state index contributed by atoms with van der Waals surface area (Å²) >= 11 is 0. The van der Waals surface area contributed by atoms with Crippen molar-refractivity contribution in [2.75, 3.05) is 0 Å². The number of aliphatic hydroxyl groups excluding tert-OH is 1. The second-order valence-corrected chi connectivity index (χ2v) is 5.58. The van der Waals surface area contributed by atoms with Gasteiger partial charge in [0, 0.05) is 0 Å². The van der Waals surface area contributed by atoms with Crippen LogP contribution in [0.1, 0.15) is 42.9 Å². The fraction of sp³-hybridized carbons (Fsp3) is 0.316. The molecule has 0 aliphatic heterocycles. The van der Waals surface area contributed by atoms with Crippen molar-refractivity contribution in [3.63, 3.8) is 0 Å². The number of rotatable bonds is 6. The summed E-state index contributed by atoms with van der Waals surface area (Å²) in [6.07, 6.45) is 2.14. The van der Waals surface area contributed by atoms with E-state index in [1.165, 1.54) is 12.1 Å². The van der Waals surface area contributed by atoms with Gasteiger partial charge in [-0.15, -0.1) is 0 Å². The maximum Gasteiger partial charge on any atom is 0.187 e. The molecule has 0 aromatic heterocycles. The number of benzene rings is 2. The van der Waals surface area contributed by atoms with Gasteiger partial charge in [-0.2, -0.15) is 0 Å². The van der Waals surface area contributed by atoms with Crippen molar-refractivity contribution in [1.29, 1.82) is 0 Å². The molecular formula is C19H20FNO2. The van der Waals surface area contributed by atoms with Crippen LogP contribution >= 0.6 is 0 Å². The molecule has 23 heavy (non-hydrogen) atoms. The Labute approximate surface area is 135 Å². The van der Waals surface area contributed by atoms with E-state index in [1.54, 1.807) is 30.3 Å². The summed E-state index contributed by atoms with van der Waals surface area (Å²) in [5.41, 5.74) is 0.753. The van der Waals surface area contributed by atoms with Crippen molar-refractivity contribution < 1.29 is 14.6 Å². The van der Waals surface area contributed by atoms with Gasteiger partial charge in [-0.3, -0.25) is 0 Å². The van der Waals surface area contributed by atoms with Crippen LogP contribution in [0, 0.1) is 12.4 Å². The van der Waals surface area contributed by atoms with E-state index >= 15 is 0 Å². The summed E-state index contributed by atoms with van der Waals surface area (Å²) in [7, 11) is 0. The van der Waals surface area contributed by atoms with Crippen LogP contribution in [-0.2, 0) is 12.2 Å². The number of unbranched alkanes of at least 4 members (excludes halogenated alkanes) is 1. The van der Waals surface area contributed by atoms with Gasteiger partial charge < -0.3 is 10.2 Å². The second kappa shape index (κ2) is 7.36. The number of aliphatic hydroxyl groups is 2. The number of hydrogen-bond donors (Lipinski definition) is 2. The van der Waals surface area contributed by atoms with E-state index in [0.717, 1.165) is 12.8 Å². The Morgan fingerprint density at radius 2 is 1.87 bits per heavy atom. The summed E-state index contributed by atoms with van der Waals surface area (Å²) in [6, 6.07) is 10.7. The highest BCUT2D eigenvalue weighted by atomic mass is 19.1. The minimum Gasteiger partial charge on any atom is -0.392 e. The van der Waals surface area contributed by atoms with Crippen molar-refractivity contribution in [2.45, 2.75) is 38.4 Å². The zero-order chi connectivity index (χ0) is 16.9. The molecule has 2 aromatic rings. The van der Waals surface area contributed by atoms with Gasteiger partial charge in [0.15, 0.2) is 5.69 Å². The number of hydrogen-bond acceptors (Lipinski definition) is 2. The van der Waals surface area contributed by atoms with Crippen molar-refractivity contribution in [3.8, 4) is 0 Å². The monoisotopic (exact) mass is 313 g/mol. The average Bonchev–Trinajstić information content (AvgIpc) is 2.59. The lowest BCUT2D eigenvalue weighted by Crippen LogP contribution is -2.28. The first-order valence-electron chi connectivity index (χ1n) is 7.65. The van der Waals surface area contributed by atoms with Crippen LogP contribution in [0.2, 0.25) is 0 Å². The zero-order valence-electron chi connectivity index (χ0n) is 13.1. The van der Waals surface area contributed by atoms with Gasteiger partial charge in [0.1, 0.15) is 11.4 Å². The van der Waals surface area contributed by atoms with Crippen molar-refractivity contribution in [3.05, 3.63) is 76.4 Å². The maximum atomic E-state index is 13.2. The predicted octanol–water partition coefficient (Wildman–Crippen LogP) is 4.29. The number of nitrogens with zero attached hydrogens (tertiary/aromatic N) is 1. The first-order valence-corrected chi connectivity index (χ1v) is 7.65. The third kappa shape index (κ3) is 3.58. The number of halogens is 1. The molecule has 2 N–H and O–H groups in total. The molecule has 4 heteroatoms. The van der Waals surface area contributed by atoms with E-state index in [2.05, 4.69) is 4.85 Å². The summed E-state index contributed by atoms with van der Waals surface area (Å²) in [6.45, 7) is 8.84. The Morgan fingerprint density at radius 1 is 1.17 bits per heavy atom. The minimum absolute atomic E-state index is 0.270. The summed E-state index contributed by atoms with van der Waals surface area (Å²) in [5.74, 6) is -0.364. The van der Waals surface area contributed by atoms with Crippen LogP contribution in [0.3, 0.4) is 0 Å². The molecule has 0 radical (unpaired) electrons. The van der Waals surface area contributed by atoms with E-state index in [-0.39, 0.29) is 12.4 Å². The molecule has 0 saturated heterocycles. The molecule has 120 valence electrons. The largest absolute Gasteiger partial charge is 0.392 e. The Balaban J connectivity index is 2.58. The highest BCUT2D eigenvalue weighted by molar-refractivity contribution is 5.52. The summed E-state index contributed by atoms with van der Waals surface area (Å²) in [5, 5.41) is 21.0. The van der Waals surface area contributed by atoms with Crippen LogP contribution in [0.15, 0.2) is 42.5 Å². The van der Waals surface area contributed by atoms with Crippen LogP contribution in [0.25, 0.3) is 4.85 Å². The Kier molecular flexibility index (Phi) is 5.49. The molecule has 0 fully saturated rings. The average molecular weight is 313 g/mol. The van der Waals surface area contributed by atoms with Crippen molar-refractivity contribution in [1.82, 2.24) is 0 Å². The van der Waals surface area contributed by atoms with Gasteiger partial charge in [0.2, 0.25) is 0 Å². The quantitative estimate of drug-likeness (QED) is 0.781. The van der Waals surface area contributed by atoms with Crippen molar-refractivity contribution in [2.24, 2.45) is 0 Å². The summed E-state index contributed by atoms with van der Waals surface area (Å²) in [4.78, 5) is 3.36. The van der Waals surface area contributed by atoms with Gasteiger partial charge in [-0.1, -0.05) is 50.1 Å². The van der Waals surface area contributed by atoms with Crippen LogP contribution < -0.4 is 0 Å². The first kappa shape index (κ1) is 17.1. The van der Waals surface area contributed by atoms with Crippen LogP contribution in [0.4, 0.5) is 10.1 Å². The van der Waals surface area contributed by atoms with E-state index in [1.807, 2.05) is 6.92 Å². The molecule has 3 nitrogen and oxygen atoms in total. The molecule has 0 aliphatic rings. The van der Waals surface area contributed by atoms with Gasteiger partial charge >= 0.3 is 0 Å². The van der Waals surface area contributed by atoms with Gasteiger partial charge in [-0.25, -0.2) is 9.24 Å². The van der Waals surface area contributed by atoms with Crippen molar-refractivity contribution >= 4 is 5.69 Å². The van der Waals surface area contributed by atoms with E-state index in [4.69, 9.17) is 6.57 Å². The predicted molar refractivity (Wildman–Crippen MR) is 87.6 cm³/mol. The molecule has 0 saturated carbocycles. The SMILES string of the molecule is [C-]#[N+]c1ccc(C(O)(CCCC)c2ccc(F)cc2)c(CO)c1. The first-order chi connectivity index (χ1) is 11.0. The summed E-state index contributed by atoms with van der Waals surface area (Å²) < 4.78 is 13.2. The molecule has 2 aromatic carbocycles. The highest BCUT2D eigenvalue weighted by Crippen LogP contribution is 2.38. The second-order valence-electron chi connectivity index (χ2n) is 5.58. The molecule has 0 amide bonds. The topological polar surface area (TPSA) is 44.8 Å². The molecular weight excluding hydrogens is 293 g/mol. The van der Waals surface area contributed by atoms with Crippen LogP contribution in [-0.4, -0.2) is 10.2 Å². The third-order valence-corrected chi connectivity index (χ3v) is 4.05. The maximum absolute atomic E-state index is 13.2. The Morgan fingerprint density at radius 3 is 2.43 bits per heavy atom. The Hall–Kier alpha value is -2.22. The van der Waals surface area contributed by atoms with Gasteiger partial charge in [0.05, 0.1) is 13.2 Å².